The predicted molar refractivity (Wildman–Crippen MR) is 73.7 cm³/mol. The molecule has 0 saturated carbocycles. The van der Waals surface area contributed by atoms with Gasteiger partial charge in [-0.1, -0.05) is 36.3 Å². The van der Waals surface area contributed by atoms with Crippen LogP contribution in [0.4, 0.5) is 0 Å². The third-order valence-electron chi connectivity index (χ3n) is 2.64. The molecule has 0 aliphatic carbocycles. The third-order valence-corrected chi connectivity index (χ3v) is 2.64. The average molecular weight is 242 g/mol. The molecule has 94 valence electrons. The highest BCUT2D eigenvalue weighted by atomic mass is 16.5. The molecule has 18 heavy (non-hydrogen) atoms. The van der Waals surface area contributed by atoms with Crippen LogP contribution in [0.5, 0.6) is 0 Å². The van der Waals surface area contributed by atoms with Gasteiger partial charge < -0.3 is 4.74 Å². The van der Waals surface area contributed by atoms with Gasteiger partial charge in [0.05, 0.1) is 17.6 Å². The highest BCUT2D eigenvalue weighted by Crippen LogP contribution is 2.28. The van der Waals surface area contributed by atoms with Crippen LogP contribution in [0.15, 0.2) is 35.9 Å². The van der Waals surface area contributed by atoms with Gasteiger partial charge in [0.15, 0.2) is 0 Å². The van der Waals surface area contributed by atoms with Gasteiger partial charge in [-0.3, -0.25) is 0 Å². The molecule has 0 bridgehead atoms. The molecule has 0 spiro atoms. The zero-order chi connectivity index (χ0) is 13.6. The molecular formula is C16H18O2. The lowest BCUT2D eigenvalue weighted by Crippen LogP contribution is -2.21. The number of carbonyl (C=O) groups is 1. The van der Waals surface area contributed by atoms with Crippen molar-refractivity contribution in [3.8, 4) is 12.3 Å². The van der Waals surface area contributed by atoms with Crippen LogP contribution < -0.4 is 0 Å². The van der Waals surface area contributed by atoms with Gasteiger partial charge in [0.2, 0.25) is 0 Å². The minimum atomic E-state index is -0.651. The first-order valence-corrected chi connectivity index (χ1v) is 5.93. The maximum atomic E-state index is 12.0. The second-order valence-corrected chi connectivity index (χ2v) is 4.46. The van der Waals surface area contributed by atoms with Crippen LogP contribution >= 0.6 is 0 Å². The maximum absolute atomic E-state index is 12.0. The topological polar surface area (TPSA) is 26.3 Å². The van der Waals surface area contributed by atoms with Crippen molar-refractivity contribution in [3.05, 3.63) is 41.5 Å². The highest BCUT2D eigenvalue weighted by Gasteiger charge is 2.27. The van der Waals surface area contributed by atoms with Gasteiger partial charge in [0.25, 0.3) is 0 Å². The first-order valence-electron chi connectivity index (χ1n) is 5.93. The molecule has 0 aliphatic rings. The minimum absolute atomic E-state index is 0.339. The van der Waals surface area contributed by atoms with Crippen LogP contribution in [0.1, 0.15) is 26.3 Å². The van der Waals surface area contributed by atoms with Gasteiger partial charge >= 0.3 is 5.97 Å². The van der Waals surface area contributed by atoms with E-state index in [0.29, 0.717) is 12.2 Å². The second kappa shape index (κ2) is 6.07. The van der Waals surface area contributed by atoms with Gasteiger partial charge in [-0.2, -0.15) is 0 Å². The first kappa shape index (κ1) is 14.1. The SMILES string of the molecule is C#CC(C)(C)C(=Cc1ccccc1)C(=O)OCC. The molecule has 0 heterocycles. The van der Waals surface area contributed by atoms with Crippen molar-refractivity contribution in [3.63, 3.8) is 0 Å². The molecule has 0 unspecified atom stereocenters. The molecule has 1 aromatic carbocycles. The van der Waals surface area contributed by atoms with Crippen LogP contribution in [0.25, 0.3) is 6.08 Å². The summed E-state index contributed by atoms with van der Waals surface area (Å²) < 4.78 is 5.06. The van der Waals surface area contributed by atoms with E-state index in [2.05, 4.69) is 5.92 Å². The summed E-state index contributed by atoms with van der Waals surface area (Å²) in [5.74, 6) is 2.27. The molecule has 0 saturated heterocycles. The number of hydrogen-bond acceptors (Lipinski definition) is 2. The number of hydrogen-bond donors (Lipinski definition) is 0. The largest absolute Gasteiger partial charge is 0.463 e. The fourth-order valence-electron chi connectivity index (χ4n) is 1.50. The Balaban J connectivity index is 3.18. The summed E-state index contributed by atoms with van der Waals surface area (Å²) in [6.45, 7) is 5.78. The molecule has 2 nitrogen and oxygen atoms in total. The van der Waals surface area contributed by atoms with Crippen molar-refractivity contribution in [1.29, 1.82) is 0 Å². The second-order valence-electron chi connectivity index (χ2n) is 4.46. The Bertz CT molecular complexity index is 476. The van der Waals surface area contributed by atoms with Crippen LogP contribution in [0.2, 0.25) is 0 Å². The van der Waals surface area contributed by atoms with E-state index in [-0.39, 0.29) is 5.97 Å². The molecule has 0 fully saturated rings. The Kier molecular flexibility index (Phi) is 4.74. The Morgan fingerprint density at radius 1 is 1.39 bits per heavy atom. The molecule has 0 atom stereocenters. The van der Waals surface area contributed by atoms with E-state index >= 15 is 0 Å². The van der Waals surface area contributed by atoms with Gasteiger partial charge in [-0.05, 0) is 32.4 Å². The summed E-state index contributed by atoms with van der Waals surface area (Å²) in [7, 11) is 0. The minimum Gasteiger partial charge on any atom is -0.463 e. The summed E-state index contributed by atoms with van der Waals surface area (Å²) in [6.07, 6.45) is 7.29. The maximum Gasteiger partial charge on any atom is 0.335 e. The van der Waals surface area contributed by atoms with Gasteiger partial charge in [0.1, 0.15) is 0 Å². The summed E-state index contributed by atoms with van der Waals surface area (Å²) in [6, 6.07) is 9.60. The lowest BCUT2D eigenvalue weighted by molar-refractivity contribution is -0.139. The van der Waals surface area contributed by atoms with Crippen molar-refractivity contribution >= 4 is 12.0 Å². The van der Waals surface area contributed by atoms with Gasteiger partial charge in [-0.15, -0.1) is 6.42 Å². The van der Waals surface area contributed by atoms with E-state index in [4.69, 9.17) is 11.2 Å². The fraction of sp³-hybridized carbons (Fsp3) is 0.312. The predicted octanol–water partition coefficient (Wildman–Crippen LogP) is 3.29. The Morgan fingerprint density at radius 3 is 2.50 bits per heavy atom. The number of benzene rings is 1. The normalized spacial score (nSPS) is 11.8. The summed E-state index contributed by atoms with van der Waals surface area (Å²) >= 11 is 0. The van der Waals surface area contributed by atoms with Gasteiger partial charge in [0, 0.05) is 0 Å². The molecule has 1 rings (SSSR count). The van der Waals surface area contributed by atoms with Crippen molar-refractivity contribution in [1.82, 2.24) is 0 Å². The van der Waals surface area contributed by atoms with Crippen LogP contribution in [-0.2, 0) is 9.53 Å². The van der Waals surface area contributed by atoms with Crippen molar-refractivity contribution in [2.24, 2.45) is 5.41 Å². The molecule has 0 amide bonds. The summed E-state index contributed by atoms with van der Waals surface area (Å²) in [5, 5.41) is 0. The number of esters is 1. The summed E-state index contributed by atoms with van der Waals surface area (Å²) in [4.78, 5) is 12.0. The molecular weight excluding hydrogens is 224 g/mol. The van der Waals surface area contributed by atoms with Gasteiger partial charge in [-0.25, -0.2) is 4.79 Å². The van der Waals surface area contributed by atoms with E-state index in [9.17, 15) is 4.79 Å². The van der Waals surface area contributed by atoms with E-state index in [1.165, 1.54) is 0 Å². The average Bonchev–Trinajstić information content (AvgIpc) is 2.37. The van der Waals surface area contributed by atoms with Crippen LogP contribution in [-0.4, -0.2) is 12.6 Å². The van der Waals surface area contributed by atoms with Crippen molar-refractivity contribution in [2.45, 2.75) is 20.8 Å². The Morgan fingerprint density at radius 2 is 2.00 bits per heavy atom. The molecule has 1 aromatic rings. The van der Waals surface area contributed by atoms with E-state index in [0.717, 1.165) is 5.56 Å². The fourth-order valence-corrected chi connectivity index (χ4v) is 1.50. The van der Waals surface area contributed by atoms with E-state index in [1.54, 1.807) is 13.0 Å². The number of ether oxygens (including phenoxy) is 1. The number of rotatable bonds is 4. The zero-order valence-electron chi connectivity index (χ0n) is 11.1. The first-order chi connectivity index (χ1) is 8.51. The van der Waals surface area contributed by atoms with Crippen LogP contribution in [0.3, 0.4) is 0 Å². The third kappa shape index (κ3) is 3.49. The van der Waals surface area contributed by atoms with E-state index < -0.39 is 5.41 Å². The van der Waals surface area contributed by atoms with Crippen LogP contribution in [0, 0.1) is 17.8 Å². The lowest BCUT2D eigenvalue weighted by atomic mass is 9.84. The standard InChI is InChI=1S/C16H18O2/c1-5-16(3,4)14(15(17)18-6-2)12-13-10-8-7-9-11-13/h1,7-12H,6H2,2-4H3. The van der Waals surface area contributed by atoms with Crippen molar-refractivity contribution in [2.75, 3.05) is 6.61 Å². The van der Waals surface area contributed by atoms with Crippen molar-refractivity contribution < 1.29 is 9.53 Å². The molecule has 2 heteroatoms. The smallest absolute Gasteiger partial charge is 0.335 e. The molecule has 0 N–H and O–H groups in total. The summed E-state index contributed by atoms with van der Waals surface area (Å²) in [5.41, 5.74) is 0.782. The zero-order valence-corrected chi connectivity index (χ0v) is 11.1. The molecule has 0 aromatic heterocycles. The Hall–Kier alpha value is -2.01. The quantitative estimate of drug-likeness (QED) is 0.460. The molecule has 0 aliphatic heterocycles. The lowest BCUT2D eigenvalue weighted by Gasteiger charge is -2.20. The monoisotopic (exact) mass is 242 g/mol. The highest BCUT2D eigenvalue weighted by molar-refractivity contribution is 5.95. The Labute approximate surface area is 109 Å². The number of terminal acetylenes is 1. The molecule has 0 radical (unpaired) electrons. The van der Waals surface area contributed by atoms with E-state index in [1.807, 2.05) is 44.2 Å². The number of carbonyl (C=O) groups excluding carboxylic acids is 1.